The van der Waals surface area contributed by atoms with Gasteiger partial charge in [-0.2, -0.15) is 0 Å². The molecule has 2 aromatic rings. The highest BCUT2D eigenvalue weighted by Gasteiger charge is 2.18. The lowest BCUT2D eigenvalue weighted by Gasteiger charge is -2.23. The van der Waals surface area contributed by atoms with Gasteiger partial charge in [0.05, 0.1) is 7.11 Å². The zero-order chi connectivity index (χ0) is 17.9. The van der Waals surface area contributed by atoms with Gasteiger partial charge in [0.15, 0.2) is 0 Å². The first-order valence-corrected chi connectivity index (χ1v) is 8.29. The van der Waals surface area contributed by atoms with Crippen LogP contribution >= 0.6 is 0 Å². The number of aromatic nitrogens is 1. The van der Waals surface area contributed by atoms with E-state index in [0.717, 1.165) is 5.75 Å². The Morgan fingerprint density at radius 3 is 1.74 bits per heavy atom. The van der Waals surface area contributed by atoms with Crippen molar-refractivity contribution in [2.45, 2.75) is 60.3 Å². The van der Waals surface area contributed by atoms with E-state index in [1.54, 1.807) is 19.5 Å². The van der Waals surface area contributed by atoms with Crippen LogP contribution in [0, 0.1) is 13.8 Å². The molecule has 2 nitrogen and oxygen atoms in total. The lowest BCUT2D eigenvalue weighted by atomic mass is 9.82. The maximum absolute atomic E-state index is 5.29. The molecule has 23 heavy (non-hydrogen) atoms. The lowest BCUT2D eigenvalue weighted by Crippen LogP contribution is -2.13. The molecule has 0 saturated heterocycles. The molecular weight excluding hydrogens is 282 g/mol. The van der Waals surface area contributed by atoms with Crippen LogP contribution in [0.1, 0.15) is 57.7 Å². The Bertz CT molecular complexity index is 515. The number of rotatable bonds is 1. The largest absolute Gasteiger partial charge is 0.496 e. The number of ether oxygens (including phenoxy) is 1. The van der Waals surface area contributed by atoms with Crippen LogP contribution in [0.4, 0.5) is 0 Å². The monoisotopic (exact) mass is 315 g/mol. The normalized spacial score (nSPS) is 9.91. The number of nitrogens with zero attached hydrogens (tertiary/aromatic N) is 1. The number of pyridine rings is 1. The maximum Gasteiger partial charge on any atom is 0.122 e. The second-order valence-corrected chi connectivity index (χ2v) is 6.55. The smallest absolute Gasteiger partial charge is 0.122 e. The zero-order valence-electron chi connectivity index (χ0n) is 16.1. The van der Waals surface area contributed by atoms with Crippen molar-refractivity contribution in [2.75, 3.05) is 7.11 Å². The zero-order valence-corrected chi connectivity index (χ0v) is 16.1. The van der Waals surface area contributed by atoms with Gasteiger partial charge in [0, 0.05) is 12.4 Å². The summed E-state index contributed by atoms with van der Waals surface area (Å²) < 4.78 is 5.29. The third-order valence-corrected chi connectivity index (χ3v) is 3.33. The van der Waals surface area contributed by atoms with Crippen molar-refractivity contribution in [3.05, 3.63) is 59.4 Å². The Morgan fingerprint density at radius 1 is 0.913 bits per heavy atom. The maximum atomic E-state index is 5.29. The summed E-state index contributed by atoms with van der Waals surface area (Å²) in [6.07, 6.45) is 4.75. The average molecular weight is 316 g/mol. The fourth-order valence-electron chi connectivity index (χ4n) is 2.14. The molecule has 0 fully saturated rings. The highest BCUT2D eigenvalue weighted by molar-refractivity contribution is 5.45. The number of methoxy groups -OCH3 is 1. The minimum Gasteiger partial charge on any atom is -0.496 e. The van der Waals surface area contributed by atoms with Gasteiger partial charge >= 0.3 is 0 Å². The van der Waals surface area contributed by atoms with E-state index in [-0.39, 0.29) is 5.41 Å². The molecule has 2 rings (SSSR count). The van der Waals surface area contributed by atoms with E-state index in [9.17, 15) is 0 Å². The molecular formula is C21H33NO. The highest BCUT2D eigenvalue weighted by atomic mass is 16.5. The summed E-state index contributed by atoms with van der Waals surface area (Å²) in [5.74, 6) is 0.982. The van der Waals surface area contributed by atoms with E-state index in [1.165, 1.54) is 23.1 Å². The summed E-state index contributed by atoms with van der Waals surface area (Å²) in [5.41, 5.74) is 4.20. The van der Waals surface area contributed by atoms with Gasteiger partial charge in [-0.3, -0.25) is 4.98 Å². The summed E-state index contributed by atoms with van der Waals surface area (Å²) in [7, 11) is 1.72. The van der Waals surface area contributed by atoms with Crippen molar-refractivity contribution in [1.29, 1.82) is 0 Å². The summed E-state index contributed by atoms with van der Waals surface area (Å²) >= 11 is 0. The number of benzene rings is 1. The molecule has 0 aliphatic heterocycles. The fraction of sp³-hybridized carbons (Fsp3) is 0.476. The van der Waals surface area contributed by atoms with Gasteiger partial charge in [0.25, 0.3) is 0 Å². The molecule has 0 saturated carbocycles. The van der Waals surface area contributed by atoms with Gasteiger partial charge in [-0.25, -0.2) is 0 Å². The van der Waals surface area contributed by atoms with Crippen LogP contribution in [-0.2, 0) is 5.41 Å². The van der Waals surface area contributed by atoms with Crippen LogP contribution in [0.25, 0.3) is 0 Å². The molecule has 1 heterocycles. The van der Waals surface area contributed by atoms with E-state index >= 15 is 0 Å². The summed E-state index contributed by atoms with van der Waals surface area (Å²) in [6, 6.07) is 9.94. The third kappa shape index (κ3) is 7.83. The van der Waals surface area contributed by atoms with Crippen molar-refractivity contribution in [3.8, 4) is 5.75 Å². The molecule has 2 heteroatoms. The van der Waals surface area contributed by atoms with E-state index < -0.39 is 0 Å². The summed E-state index contributed by atoms with van der Waals surface area (Å²) in [4.78, 5) is 3.78. The molecule has 0 spiro atoms. The molecule has 0 aliphatic rings. The fourth-order valence-corrected chi connectivity index (χ4v) is 2.14. The van der Waals surface area contributed by atoms with E-state index in [4.69, 9.17) is 4.74 Å². The second-order valence-electron chi connectivity index (χ2n) is 6.55. The van der Waals surface area contributed by atoms with Crippen molar-refractivity contribution < 1.29 is 4.74 Å². The minimum atomic E-state index is 0.209. The van der Waals surface area contributed by atoms with Crippen LogP contribution in [0.2, 0.25) is 0 Å². The average Bonchev–Trinajstić information content (AvgIpc) is 2.52. The Hall–Kier alpha value is -1.83. The number of hydrogen-bond acceptors (Lipinski definition) is 2. The molecule has 0 aliphatic carbocycles. The SMILES string of the molecule is CCC.COc1ccc(C(C)(C)C)c(C)c1C.c1ccncc1. The Kier molecular flexibility index (Phi) is 9.96. The minimum absolute atomic E-state index is 0.209. The Morgan fingerprint density at radius 2 is 1.43 bits per heavy atom. The quantitative estimate of drug-likeness (QED) is 0.633. The first kappa shape index (κ1) is 21.2. The van der Waals surface area contributed by atoms with E-state index in [0.29, 0.717) is 0 Å². The van der Waals surface area contributed by atoms with Crippen LogP contribution < -0.4 is 4.74 Å². The Balaban J connectivity index is 0.000000442. The second kappa shape index (κ2) is 10.8. The predicted octanol–water partition coefficient (Wildman–Crippen LogP) is 6.11. The molecule has 1 aromatic carbocycles. The standard InChI is InChI=1S/C13H20O.C5H5N.C3H8/c1-9-10(2)12(14-6)8-7-11(9)13(3,4)5;1-2-4-6-5-3-1;1-3-2/h7-8H,1-6H3;1-5H;3H2,1-2H3. The Labute approximate surface area is 142 Å². The molecule has 0 amide bonds. The summed E-state index contributed by atoms with van der Waals surface area (Å²) in [6.45, 7) is 15.2. The first-order valence-electron chi connectivity index (χ1n) is 8.29. The van der Waals surface area contributed by atoms with Crippen molar-refractivity contribution >= 4 is 0 Å². The van der Waals surface area contributed by atoms with E-state index in [2.05, 4.69) is 65.6 Å². The van der Waals surface area contributed by atoms with Gasteiger partial charge in [-0.1, -0.05) is 53.2 Å². The third-order valence-electron chi connectivity index (χ3n) is 3.33. The number of hydrogen-bond donors (Lipinski definition) is 0. The van der Waals surface area contributed by atoms with Gasteiger partial charge in [-0.05, 0) is 54.2 Å². The lowest BCUT2D eigenvalue weighted by molar-refractivity contribution is 0.410. The van der Waals surface area contributed by atoms with Crippen LogP contribution in [0.5, 0.6) is 5.75 Å². The molecule has 0 radical (unpaired) electrons. The summed E-state index contributed by atoms with van der Waals surface area (Å²) in [5, 5.41) is 0. The molecule has 0 bridgehead atoms. The molecule has 0 N–H and O–H groups in total. The van der Waals surface area contributed by atoms with Crippen LogP contribution in [0.3, 0.4) is 0 Å². The van der Waals surface area contributed by atoms with Crippen LogP contribution in [-0.4, -0.2) is 12.1 Å². The van der Waals surface area contributed by atoms with Gasteiger partial charge in [-0.15, -0.1) is 0 Å². The van der Waals surface area contributed by atoms with Gasteiger partial charge < -0.3 is 4.74 Å². The topological polar surface area (TPSA) is 22.1 Å². The van der Waals surface area contributed by atoms with Crippen molar-refractivity contribution in [1.82, 2.24) is 4.98 Å². The molecule has 0 unspecified atom stereocenters. The van der Waals surface area contributed by atoms with Crippen molar-refractivity contribution in [2.24, 2.45) is 0 Å². The molecule has 128 valence electrons. The van der Waals surface area contributed by atoms with Crippen LogP contribution in [0.15, 0.2) is 42.7 Å². The first-order chi connectivity index (χ1) is 10.8. The van der Waals surface area contributed by atoms with E-state index in [1.807, 2.05) is 18.2 Å². The molecule has 0 atom stereocenters. The van der Waals surface area contributed by atoms with Crippen molar-refractivity contribution in [3.63, 3.8) is 0 Å². The van der Waals surface area contributed by atoms with Gasteiger partial charge in [0.2, 0.25) is 0 Å². The predicted molar refractivity (Wildman–Crippen MR) is 101 cm³/mol. The van der Waals surface area contributed by atoms with Gasteiger partial charge in [0.1, 0.15) is 5.75 Å². The highest BCUT2D eigenvalue weighted by Crippen LogP contribution is 2.31. The molecule has 1 aromatic heterocycles.